The highest BCUT2D eigenvalue weighted by molar-refractivity contribution is 6.32. The third-order valence-electron chi connectivity index (χ3n) is 6.54. The van der Waals surface area contributed by atoms with E-state index in [1.54, 1.807) is 6.20 Å². The summed E-state index contributed by atoms with van der Waals surface area (Å²) in [5.74, 6) is -0.775. The van der Waals surface area contributed by atoms with Crippen LogP contribution in [0.3, 0.4) is 0 Å². The number of nitrogens with zero attached hydrogens (tertiary/aromatic N) is 1. The Kier molecular flexibility index (Phi) is 6.56. The molecule has 2 amide bonds. The molecular weight excluding hydrogens is 412 g/mol. The number of hydrogen-bond acceptors (Lipinski definition) is 2. The molecular formula is C25H33ClN2O3. The predicted octanol–water partition coefficient (Wildman–Crippen LogP) is 6.19. The molecule has 2 N–H and O–H groups in total. The first-order valence-electron chi connectivity index (χ1n) is 11.0. The SMILES string of the molecule is CC(C)C1=CN(CCC(=O)O)C(=O)N[C@]1(C)c1ccc(C2=CCC(C)(C)CC2)c(Cl)c1. The molecule has 0 saturated carbocycles. The van der Waals surface area contributed by atoms with Gasteiger partial charge >= 0.3 is 12.0 Å². The number of benzene rings is 1. The maximum Gasteiger partial charge on any atom is 0.322 e. The monoisotopic (exact) mass is 444 g/mol. The van der Waals surface area contributed by atoms with Gasteiger partial charge in [0, 0.05) is 17.8 Å². The highest BCUT2D eigenvalue weighted by Crippen LogP contribution is 2.42. The minimum atomic E-state index is -0.927. The smallest absolute Gasteiger partial charge is 0.322 e. The normalized spacial score (nSPS) is 23.3. The van der Waals surface area contributed by atoms with Gasteiger partial charge in [0.15, 0.2) is 0 Å². The molecule has 1 aromatic carbocycles. The van der Waals surface area contributed by atoms with Crippen LogP contribution in [0.4, 0.5) is 4.79 Å². The average Bonchev–Trinajstić information content (AvgIpc) is 2.67. The fraction of sp³-hybridized carbons (Fsp3) is 0.520. The number of carboxylic acids is 1. The van der Waals surface area contributed by atoms with E-state index in [4.69, 9.17) is 16.7 Å². The van der Waals surface area contributed by atoms with Crippen LogP contribution >= 0.6 is 11.6 Å². The Labute approximate surface area is 190 Å². The minimum Gasteiger partial charge on any atom is -0.481 e. The second-order valence-electron chi connectivity index (χ2n) is 9.92. The van der Waals surface area contributed by atoms with E-state index in [1.165, 1.54) is 10.5 Å². The van der Waals surface area contributed by atoms with E-state index >= 15 is 0 Å². The van der Waals surface area contributed by atoms with E-state index in [0.29, 0.717) is 10.4 Å². The van der Waals surface area contributed by atoms with Crippen LogP contribution in [-0.4, -0.2) is 28.6 Å². The summed E-state index contributed by atoms with van der Waals surface area (Å²) in [7, 11) is 0. The van der Waals surface area contributed by atoms with Crippen LogP contribution in [0.1, 0.15) is 71.4 Å². The molecule has 0 fully saturated rings. The van der Waals surface area contributed by atoms with E-state index in [2.05, 4.69) is 45.2 Å². The van der Waals surface area contributed by atoms with Gasteiger partial charge < -0.3 is 15.3 Å². The van der Waals surface area contributed by atoms with Crippen molar-refractivity contribution in [3.8, 4) is 0 Å². The Bertz CT molecular complexity index is 948. The van der Waals surface area contributed by atoms with E-state index in [1.807, 2.05) is 19.1 Å². The Hall–Kier alpha value is -2.27. The van der Waals surface area contributed by atoms with Crippen molar-refractivity contribution in [2.45, 2.75) is 65.8 Å². The molecule has 5 nitrogen and oxygen atoms in total. The Morgan fingerprint density at radius 1 is 1.29 bits per heavy atom. The van der Waals surface area contributed by atoms with Gasteiger partial charge in [-0.25, -0.2) is 4.79 Å². The fourth-order valence-corrected chi connectivity index (χ4v) is 4.77. The number of amides is 2. The number of halogens is 1. The molecule has 1 atom stereocenters. The van der Waals surface area contributed by atoms with Gasteiger partial charge in [0.25, 0.3) is 0 Å². The lowest BCUT2D eigenvalue weighted by Crippen LogP contribution is -2.54. The van der Waals surface area contributed by atoms with Crippen molar-refractivity contribution in [1.82, 2.24) is 10.2 Å². The standard InChI is InChI=1S/C25H33ClN2O3/c1-16(2)20-15-28(13-10-22(29)30)23(31)27-25(20,5)18-6-7-19(21(26)14-18)17-8-11-24(3,4)12-9-17/h6-8,14-16H,9-13H2,1-5H3,(H,27,31)(H,29,30)/t25-/m1/s1. The predicted molar refractivity (Wildman–Crippen MR) is 125 cm³/mol. The number of carboxylic acid groups (broad SMARTS) is 1. The summed E-state index contributed by atoms with van der Waals surface area (Å²) >= 11 is 6.74. The summed E-state index contributed by atoms with van der Waals surface area (Å²) in [4.78, 5) is 25.2. The van der Waals surface area contributed by atoms with Crippen molar-refractivity contribution in [2.24, 2.45) is 11.3 Å². The molecule has 0 saturated heterocycles. The van der Waals surface area contributed by atoms with Crippen molar-refractivity contribution in [3.05, 3.63) is 52.2 Å². The number of carbonyl (C=O) groups is 2. The zero-order chi connectivity index (χ0) is 23.0. The van der Waals surface area contributed by atoms with Gasteiger partial charge in [-0.2, -0.15) is 0 Å². The van der Waals surface area contributed by atoms with Gasteiger partial charge in [-0.05, 0) is 65.9 Å². The average molecular weight is 445 g/mol. The van der Waals surface area contributed by atoms with Crippen molar-refractivity contribution in [3.63, 3.8) is 0 Å². The van der Waals surface area contributed by atoms with Gasteiger partial charge in [-0.3, -0.25) is 4.79 Å². The largest absolute Gasteiger partial charge is 0.481 e. The molecule has 168 valence electrons. The van der Waals surface area contributed by atoms with Crippen molar-refractivity contribution in [2.75, 3.05) is 6.54 Å². The molecule has 31 heavy (non-hydrogen) atoms. The number of allylic oxidation sites excluding steroid dienone is 2. The van der Waals surface area contributed by atoms with E-state index in [-0.39, 0.29) is 24.9 Å². The van der Waals surface area contributed by atoms with Crippen LogP contribution in [0.2, 0.25) is 5.02 Å². The maximum absolute atomic E-state index is 12.8. The third kappa shape index (κ3) is 4.98. The second kappa shape index (κ2) is 8.70. The van der Waals surface area contributed by atoms with Crippen LogP contribution in [0, 0.1) is 11.3 Å². The zero-order valence-corrected chi connectivity index (χ0v) is 19.8. The molecule has 3 rings (SSSR count). The Morgan fingerprint density at radius 2 is 2.00 bits per heavy atom. The fourth-order valence-electron chi connectivity index (χ4n) is 4.47. The molecule has 0 unspecified atom stereocenters. The number of aliphatic carboxylic acids is 1. The quantitative estimate of drug-likeness (QED) is 0.549. The molecule has 2 aliphatic rings. The van der Waals surface area contributed by atoms with Crippen molar-refractivity contribution >= 4 is 29.2 Å². The summed E-state index contributed by atoms with van der Waals surface area (Å²) < 4.78 is 0. The number of rotatable bonds is 6. The first-order chi connectivity index (χ1) is 14.4. The number of nitrogens with one attached hydrogen (secondary N) is 1. The number of carbonyl (C=O) groups excluding carboxylic acids is 1. The van der Waals surface area contributed by atoms with Gasteiger partial charge in [0.2, 0.25) is 0 Å². The lowest BCUT2D eigenvalue weighted by Gasteiger charge is -2.42. The molecule has 6 heteroatoms. The molecule has 0 aromatic heterocycles. The molecule has 0 radical (unpaired) electrons. The second-order valence-corrected chi connectivity index (χ2v) is 10.3. The van der Waals surface area contributed by atoms with Crippen LogP contribution in [0.15, 0.2) is 36.0 Å². The zero-order valence-electron chi connectivity index (χ0n) is 19.1. The van der Waals surface area contributed by atoms with Gasteiger partial charge in [-0.1, -0.05) is 57.5 Å². The summed E-state index contributed by atoms with van der Waals surface area (Å²) in [6, 6.07) is 5.77. The molecule has 1 aromatic rings. The highest BCUT2D eigenvalue weighted by atomic mass is 35.5. The number of urea groups is 1. The van der Waals surface area contributed by atoms with Gasteiger partial charge in [0.1, 0.15) is 0 Å². The molecule has 1 aliphatic carbocycles. The molecule has 0 spiro atoms. The van der Waals surface area contributed by atoms with Crippen molar-refractivity contribution < 1.29 is 14.7 Å². The Balaban J connectivity index is 1.94. The lowest BCUT2D eigenvalue weighted by molar-refractivity contribution is -0.137. The molecule has 1 heterocycles. The van der Waals surface area contributed by atoms with E-state index in [0.717, 1.165) is 36.0 Å². The summed E-state index contributed by atoms with van der Waals surface area (Å²) in [6.45, 7) is 10.8. The lowest BCUT2D eigenvalue weighted by atomic mass is 9.76. The van der Waals surface area contributed by atoms with Gasteiger partial charge in [-0.15, -0.1) is 0 Å². The van der Waals surface area contributed by atoms with Crippen LogP contribution in [0.25, 0.3) is 5.57 Å². The first-order valence-corrected chi connectivity index (χ1v) is 11.3. The third-order valence-corrected chi connectivity index (χ3v) is 6.86. The molecule has 0 bridgehead atoms. The summed E-state index contributed by atoms with van der Waals surface area (Å²) in [5.41, 5.74) is 3.90. The summed E-state index contributed by atoms with van der Waals surface area (Å²) in [6.07, 6.45) is 7.19. The first kappa shape index (κ1) is 23.4. The van der Waals surface area contributed by atoms with Crippen molar-refractivity contribution in [1.29, 1.82) is 0 Å². The number of hydrogen-bond donors (Lipinski definition) is 2. The Morgan fingerprint density at radius 3 is 2.55 bits per heavy atom. The highest BCUT2D eigenvalue weighted by Gasteiger charge is 2.40. The molecule has 1 aliphatic heterocycles. The topological polar surface area (TPSA) is 69.6 Å². The van der Waals surface area contributed by atoms with Crippen LogP contribution in [0.5, 0.6) is 0 Å². The van der Waals surface area contributed by atoms with Gasteiger partial charge in [0.05, 0.1) is 12.0 Å². The summed E-state index contributed by atoms with van der Waals surface area (Å²) in [5, 5.41) is 12.8. The van der Waals surface area contributed by atoms with E-state index in [9.17, 15) is 9.59 Å². The van der Waals surface area contributed by atoms with Crippen LogP contribution in [-0.2, 0) is 10.3 Å². The van der Waals surface area contributed by atoms with Crippen LogP contribution < -0.4 is 5.32 Å². The van der Waals surface area contributed by atoms with E-state index < -0.39 is 11.5 Å². The minimum absolute atomic E-state index is 0.0988. The maximum atomic E-state index is 12.8.